The Morgan fingerprint density at radius 1 is 1.27 bits per heavy atom. The highest BCUT2D eigenvalue weighted by atomic mass is 32.2. The third kappa shape index (κ3) is 3.67. The molecule has 0 aromatic heterocycles. The normalized spacial score (nSPS) is 33.2. The van der Waals surface area contributed by atoms with Gasteiger partial charge >= 0.3 is 0 Å². The Balaban J connectivity index is 2.43. The first-order valence-electron chi connectivity index (χ1n) is 10.6. The molecule has 2 aliphatic carbocycles. The van der Waals surface area contributed by atoms with Gasteiger partial charge in [-0.2, -0.15) is 0 Å². The summed E-state index contributed by atoms with van der Waals surface area (Å²) in [7, 11) is -1.40. The van der Waals surface area contributed by atoms with Crippen molar-refractivity contribution in [1.29, 1.82) is 0 Å². The van der Waals surface area contributed by atoms with Gasteiger partial charge in [-0.1, -0.05) is 65.0 Å². The molecule has 1 nitrogen and oxygen atoms in total. The summed E-state index contributed by atoms with van der Waals surface area (Å²) in [6.07, 6.45) is 8.20. The molecule has 2 rings (SSSR count). The fourth-order valence-corrected chi connectivity index (χ4v) is 8.30. The summed E-state index contributed by atoms with van der Waals surface area (Å²) in [6, 6.07) is 0. The third-order valence-electron chi connectivity index (χ3n) is 7.23. The molecule has 2 aliphatic rings. The topological polar surface area (TPSA) is 17.1 Å². The fourth-order valence-electron chi connectivity index (χ4n) is 5.46. The largest absolute Gasteiger partial charge is 0.294 e. The number of ketones is 1. The summed E-state index contributed by atoms with van der Waals surface area (Å²) in [5, 5.41) is 3.83. The minimum absolute atomic E-state index is 0.0132. The second-order valence-corrected chi connectivity index (χ2v) is 16.2. The number of hydrogen-bond donors (Lipinski definition) is 0. The van der Waals surface area contributed by atoms with Crippen LogP contribution in [0.4, 0.5) is 0 Å². The number of hydrogen-bond acceptors (Lipinski definition) is 2. The minimum Gasteiger partial charge on any atom is -0.294 e. The van der Waals surface area contributed by atoms with Crippen LogP contribution in [-0.2, 0) is 4.79 Å². The molecule has 26 heavy (non-hydrogen) atoms. The Hall–Kier alpha value is -0.283. The van der Waals surface area contributed by atoms with Crippen molar-refractivity contribution >= 4 is 25.6 Å². The Labute approximate surface area is 167 Å². The molecule has 3 heteroatoms. The number of allylic oxidation sites excluding steroid dienone is 3. The third-order valence-corrected chi connectivity index (χ3v) is 10.6. The number of fused-ring (bicyclic) bond motifs is 1. The van der Waals surface area contributed by atoms with E-state index in [0.29, 0.717) is 17.6 Å². The van der Waals surface area contributed by atoms with Gasteiger partial charge in [0, 0.05) is 11.0 Å². The zero-order chi connectivity index (χ0) is 19.8. The van der Waals surface area contributed by atoms with Crippen LogP contribution in [0.1, 0.15) is 66.7 Å². The van der Waals surface area contributed by atoms with Crippen molar-refractivity contribution in [3.63, 3.8) is 0 Å². The summed E-state index contributed by atoms with van der Waals surface area (Å²) >= 11 is 1.86. The first-order chi connectivity index (χ1) is 12.0. The number of rotatable bonds is 7. The first kappa shape index (κ1) is 22.0. The maximum atomic E-state index is 13.9. The van der Waals surface area contributed by atoms with E-state index in [4.69, 9.17) is 0 Å². The van der Waals surface area contributed by atoms with E-state index in [9.17, 15) is 4.79 Å². The van der Waals surface area contributed by atoms with Crippen molar-refractivity contribution in [2.45, 2.75) is 86.4 Å². The van der Waals surface area contributed by atoms with Gasteiger partial charge in [-0.15, -0.1) is 11.8 Å². The van der Waals surface area contributed by atoms with E-state index >= 15 is 0 Å². The standard InChI is InChI=1S/C23H40OSSi/c1-9-11-14-25-16-19-21(24)23(15-18(10-2)26(6,7)8)17(3)12-13-20(23)22(19,4)5/h10,16-17,20H,9,11-15H2,1-8H3/b18-10+,19-16?/t17-,20-,23-/m1/s1. The number of carbonyl (C=O) groups excluding carboxylic acids is 1. The van der Waals surface area contributed by atoms with E-state index in [1.807, 2.05) is 11.8 Å². The summed E-state index contributed by atoms with van der Waals surface area (Å²) in [4.78, 5) is 13.9. The summed E-state index contributed by atoms with van der Waals surface area (Å²) in [5.74, 6) is 2.61. The average molecular weight is 393 g/mol. The van der Waals surface area contributed by atoms with Crippen molar-refractivity contribution in [2.24, 2.45) is 22.7 Å². The second kappa shape index (κ2) is 7.99. The molecule has 0 heterocycles. The van der Waals surface area contributed by atoms with Crippen LogP contribution in [0.3, 0.4) is 0 Å². The lowest BCUT2D eigenvalue weighted by molar-refractivity contribution is -0.125. The molecule has 0 bridgehead atoms. The van der Waals surface area contributed by atoms with Gasteiger partial charge in [0.2, 0.25) is 0 Å². The van der Waals surface area contributed by atoms with E-state index < -0.39 is 8.07 Å². The minimum atomic E-state index is -1.40. The van der Waals surface area contributed by atoms with Gasteiger partial charge in [-0.3, -0.25) is 4.79 Å². The molecule has 0 amide bonds. The average Bonchev–Trinajstić information content (AvgIpc) is 2.95. The lowest BCUT2D eigenvalue weighted by Crippen LogP contribution is -2.39. The molecule has 0 radical (unpaired) electrons. The van der Waals surface area contributed by atoms with Crippen molar-refractivity contribution in [3.05, 3.63) is 22.3 Å². The smallest absolute Gasteiger partial charge is 0.166 e. The molecule has 2 fully saturated rings. The van der Waals surface area contributed by atoms with Gasteiger partial charge in [0.05, 0.1) is 8.07 Å². The van der Waals surface area contributed by atoms with Crippen LogP contribution >= 0.6 is 11.8 Å². The number of thioether (sulfide) groups is 1. The van der Waals surface area contributed by atoms with Crippen molar-refractivity contribution < 1.29 is 4.79 Å². The highest BCUT2D eigenvalue weighted by molar-refractivity contribution is 8.02. The van der Waals surface area contributed by atoms with Crippen molar-refractivity contribution in [2.75, 3.05) is 5.75 Å². The van der Waals surface area contributed by atoms with Crippen molar-refractivity contribution in [3.8, 4) is 0 Å². The molecule has 148 valence electrons. The van der Waals surface area contributed by atoms with Crippen LogP contribution in [0.25, 0.3) is 0 Å². The molecule has 0 aromatic rings. The van der Waals surface area contributed by atoms with Crippen LogP contribution < -0.4 is 0 Å². The molecule has 0 aliphatic heterocycles. The monoisotopic (exact) mass is 392 g/mol. The summed E-state index contributed by atoms with van der Waals surface area (Å²) in [5.41, 5.74) is 0.989. The molecular formula is C23H40OSSi. The molecule has 2 saturated carbocycles. The van der Waals surface area contributed by atoms with Crippen LogP contribution in [-0.4, -0.2) is 19.6 Å². The molecule has 3 atom stereocenters. The van der Waals surface area contributed by atoms with E-state index in [1.165, 1.54) is 25.7 Å². The molecule has 0 aromatic carbocycles. The fraction of sp³-hybridized carbons (Fsp3) is 0.783. The van der Waals surface area contributed by atoms with Crippen LogP contribution in [0.5, 0.6) is 0 Å². The number of carbonyl (C=O) groups is 1. The van der Waals surface area contributed by atoms with E-state index in [1.54, 1.807) is 5.20 Å². The molecule has 0 spiro atoms. The molecular weight excluding hydrogens is 352 g/mol. The van der Waals surface area contributed by atoms with Crippen molar-refractivity contribution in [1.82, 2.24) is 0 Å². The Kier molecular flexibility index (Phi) is 6.76. The highest BCUT2D eigenvalue weighted by Crippen LogP contribution is 2.67. The van der Waals surface area contributed by atoms with E-state index in [2.05, 4.69) is 65.7 Å². The van der Waals surface area contributed by atoms with Crippen LogP contribution in [0, 0.1) is 22.7 Å². The van der Waals surface area contributed by atoms with Gasteiger partial charge in [0.15, 0.2) is 5.78 Å². The van der Waals surface area contributed by atoms with Gasteiger partial charge in [0.25, 0.3) is 0 Å². The van der Waals surface area contributed by atoms with Crippen LogP contribution in [0.2, 0.25) is 19.6 Å². The first-order valence-corrected chi connectivity index (χ1v) is 15.1. The highest BCUT2D eigenvalue weighted by Gasteiger charge is 2.65. The van der Waals surface area contributed by atoms with Gasteiger partial charge in [-0.05, 0) is 61.0 Å². The second-order valence-electron chi connectivity index (χ2n) is 10.1. The maximum absolute atomic E-state index is 13.9. The lowest BCUT2D eigenvalue weighted by Gasteiger charge is -2.38. The Morgan fingerprint density at radius 3 is 2.46 bits per heavy atom. The molecule has 0 unspecified atom stereocenters. The van der Waals surface area contributed by atoms with Gasteiger partial charge in [-0.25, -0.2) is 0 Å². The summed E-state index contributed by atoms with van der Waals surface area (Å²) < 4.78 is 0. The van der Waals surface area contributed by atoms with Gasteiger partial charge < -0.3 is 0 Å². The predicted molar refractivity (Wildman–Crippen MR) is 120 cm³/mol. The zero-order valence-electron chi connectivity index (χ0n) is 18.4. The SMILES string of the molecule is C/C=C(\C[C@]12C(=O)C(=CSCCCC)C(C)(C)[C@H]1CC[C@H]2C)[Si](C)(C)C. The Bertz CT molecular complexity index is 596. The Morgan fingerprint density at radius 2 is 1.92 bits per heavy atom. The molecule has 0 N–H and O–H groups in total. The summed E-state index contributed by atoms with van der Waals surface area (Å²) in [6.45, 7) is 18.7. The quantitative estimate of drug-likeness (QED) is 0.257. The number of unbranched alkanes of at least 4 members (excludes halogenated alkanes) is 1. The predicted octanol–water partition coefficient (Wildman–Crippen LogP) is 7.26. The van der Waals surface area contributed by atoms with Gasteiger partial charge in [0.1, 0.15) is 0 Å². The maximum Gasteiger partial charge on any atom is 0.166 e. The molecule has 0 saturated heterocycles. The number of Topliss-reactive ketones (excluding diaryl/α,β-unsaturated/α-hetero) is 1. The van der Waals surface area contributed by atoms with E-state index in [0.717, 1.165) is 17.7 Å². The lowest BCUT2D eigenvalue weighted by atomic mass is 9.67. The van der Waals surface area contributed by atoms with Crippen LogP contribution in [0.15, 0.2) is 22.3 Å². The van der Waals surface area contributed by atoms with E-state index in [-0.39, 0.29) is 10.8 Å². The zero-order valence-corrected chi connectivity index (χ0v) is 20.2.